The highest BCUT2D eigenvalue weighted by Crippen LogP contribution is 2.39. The van der Waals surface area contributed by atoms with E-state index < -0.39 is 0 Å². The zero-order valence-electron chi connectivity index (χ0n) is 12.1. The van der Waals surface area contributed by atoms with E-state index in [-0.39, 0.29) is 0 Å². The molecule has 2 saturated heterocycles. The van der Waals surface area contributed by atoms with Gasteiger partial charge < -0.3 is 9.64 Å². The summed E-state index contributed by atoms with van der Waals surface area (Å²) in [6, 6.07) is 0. The second-order valence-corrected chi connectivity index (χ2v) is 7.64. The molecule has 2 heterocycles. The summed E-state index contributed by atoms with van der Waals surface area (Å²) in [6.45, 7) is 5.94. The van der Waals surface area contributed by atoms with Gasteiger partial charge in [-0.25, -0.2) is 0 Å². The molecular weight excluding hydrogens is 302 g/mol. The number of nitrogens with zero attached hydrogens (tertiary/aromatic N) is 1. The molecule has 1 saturated carbocycles. The number of fused-ring (bicyclic) bond motifs is 1. The predicted octanol–water partition coefficient (Wildman–Crippen LogP) is 3.69. The molecule has 0 aromatic rings. The standard InChI is InChI=1S/C16H28BrNO/c17-12-16(6-9-19-10-7-16)13-18-8-5-14-3-1-2-4-15(14)11-18/h14-15H,1-13H2. The molecule has 3 fully saturated rings. The molecule has 2 nitrogen and oxygen atoms in total. The van der Waals surface area contributed by atoms with Gasteiger partial charge in [-0.15, -0.1) is 0 Å². The maximum atomic E-state index is 5.56. The molecule has 1 aliphatic carbocycles. The van der Waals surface area contributed by atoms with Crippen molar-refractivity contribution in [1.29, 1.82) is 0 Å². The summed E-state index contributed by atoms with van der Waals surface area (Å²) in [6.07, 6.45) is 9.91. The fourth-order valence-corrected chi connectivity index (χ4v) is 5.17. The average molecular weight is 330 g/mol. The van der Waals surface area contributed by atoms with E-state index >= 15 is 0 Å². The normalized spacial score (nSPS) is 35.8. The third-order valence-electron chi connectivity index (χ3n) is 5.77. The van der Waals surface area contributed by atoms with E-state index in [1.165, 1.54) is 64.6 Å². The molecule has 0 N–H and O–H groups in total. The van der Waals surface area contributed by atoms with Gasteiger partial charge in [-0.1, -0.05) is 35.2 Å². The highest BCUT2D eigenvalue weighted by Gasteiger charge is 2.37. The van der Waals surface area contributed by atoms with Crippen LogP contribution in [0.2, 0.25) is 0 Å². The Kier molecular flexibility index (Phi) is 4.86. The average Bonchev–Trinajstić information content (AvgIpc) is 2.48. The van der Waals surface area contributed by atoms with Gasteiger partial charge >= 0.3 is 0 Å². The van der Waals surface area contributed by atoms with Crippen molar-refractivity contribution in [3.8, 4) is 0 Å². The molecule has 2 unspecified atom stereocenters. The summed E-state index contributed by atoms with van der Waals surface area (Å²) < 4.78 is 5.56. The Bertz CT molecular complexity index is 290. The Morgan fingerprint density at radius 3 is 2.53 bits per heavy atom. The monoisotopic (exact) mass is 329 g/mol. The van der Waals surface area contributed by atoms with Gasteiger partial charge in [0.25, 0.3) is 0 Å². The molecule has 2 atom stereocenters. The summed E-state index contributed by atoms with van der Waals surface area (Å²) in [5.74, 6) is 2.06. The summed E-state index contributed by atoms with van der Waals surface area (Å²) in [5.41, 5.74) is 0.486. The lowest BCUT2D eigenvalue weighted by Gasteiger charge is -2.46. The fourth-order valence-electron chi connectivity index (χ4n) is 4.43. The second kappa shape index (κ2) is 6.44. The van der Waals surface area contributed by atoms with Crippen molar-refractivity contribution >= 4 is 15.9 Å². The third-order valence-corrected chi connectivity index (χ3v) is 6.96. The van der Waals surface area contributed by atoms with Gasteiger partial charge in [0, 0.05) is 31.6 Å². The molecule has 0 spiro atoms. The lowest BCUT2D eigenvalue weighted by Crippen LogP contribution is -2.48. The number of hydrogen-bond donors (Lipinski definition) is 0. The summed E-state index contributed by atoms with van der Waals surface area (Å²) in [4.78, 5) is 2.78. The van der Waals surface area contributed by atoms with Crippen LogP contribution in [0, 0.1) is 17.3 Å². The van der Waals surface area contributed by atoms with Gasteiger partial charge in [-0.2, -0.15) is 0 Å². The van der Waals surface area contributed by atoms with Crippen LogP contribution >= 0.6 is 15.9 Å². The van der Waals surface area contributed by atoms with E-state index in [1.807, 2.05) is 0 Å². The molecule has 3 rings (SSSR count). The molecular formula is C16H28BrNO. The van der Waals surface area contributed by atoms with Crippen LogP contribution < -0.4 is 0 Å². The van der Waals surface area contributed by atoms with E-state index in [0.717, 1.165) is 30.4 Å². The third kappa shape index (κ3) is 3.36. The lowest BCUT2D eigenvalue weighted by atomic mass is 9.74. The van der Waals surface area contributed by atoms with Crippen molar-refractivity contribution in [3.63, 3.8) is 0 Å². The Morgan fingerprint density at radius 1 is 1.05 bits per heavy atom. The second-order valence-electron chi connectivity index (χ2n) is 7.07. The molecule has 0 aromatic heterocycles. The molecule has 0 bridgehead atoms. The quantitative estimate of drug-likeness (QED) is 0.732. The number of ether oxygens (including phenoxy) is 1. The lowest BCUT2D eigenvalue weighted by molar-refractivity contribution is -0.00849. The van der Waals surface area contributed by atoms with Gasteiger partial charge in [-0.3, -0.25) is 0 Å². The van der Waals surface area contributed by atoms with E-state index in [0.29, 0.717) is 5.41 Å². The minimum atomic E-state index is 0.486. The van der Waals surface area contributed by atoms with Crippen LogP contribution in [0.25, 0.3) is 0 Å². The van der Waals surface area contributed by atoms with E-state index in [1.54, 1.807) is 0 Å². The van der Waals surface area contributed by atoms with Gasteiger partial charge in [-0.05, 0) is 49.5 Å². The first-order chi connectivity index (χ1) is 9.31. The van der Waals surface area contributed by atoms with Crippen LogP contribution in [0.15, 0.2) is 0 Å². The van der Waals surface area contributed by atoms with Gasteiger partial charge in [0.05, 0.1) is 0 Å². The van der Waals surface area contributed by atoms with Gasteiger partial charge in [0.1, 0.15) is 0 Å². The van der Waals surface area contributed by atoms with Crippen molar-refractivity contribution in [2.45, 2.75) is 44.9 Å². The van der Waals surface area contributed by atoms with Crippen LogP contribution in [0.5, 0.6) is 0 Å². The first-order valence-electron chi connectivity index (χ1n) is 8.17. The molecule has 110 valence electrons. The van der Waals surface area contributed by atoms with Gasteiger partial charge in [0.15, 0.2) is 0 Å². The Labute approximate surface area is 126 Å². The zero-order valence-corrected chi connectivity index (χ0v) is 13.7. The number of alkyl halides is 1. The minimum absolute atomic E-state index is 0.486. The fraction of sp³-hybridized carbons (Fsp3) is 1.00. The molecule has 19 heavy (non-hydrogen) atoms. The highest BCUT2D eigenvalue weighted by atomic mass is 79.9. The maximum Gasteiger partial charge on any atom is 0.0472 e. The smallest absolute Gasteiger partial charge is 0.0472 e. The summed E-state index contributed by atoms with van der Waals surface area (Å²) in [7, 11) is 0. The summed E-state index contributed by atoms with van der Waals surface area (Å²) >= 11 is 3.78. The first-order valence-corrected chi connectivity index (χ1v) is 9.30. The van der Waals surface area contributed by atoms with Crippen LogP contribution in [0.4, 0.5) is 0 Å². The van der Waals surface area contributed by atoms with Gasteiger partial charge in [0.2, 0.25) is 0 Å². The maximum absolute atomic E-state index is 5.56. The Morgan fingerprint density at radius 2 is 1.79 bits per heavy atom. The first kappa shape index (κ1) is 14.3. The molecule has 3 heteroatoms. The van der Waals surface area contributed by atoms with Crippen molar-refractivity contribution in [2.24, 2.45) is 17.3 Å². The predicted molar refractivity (Wildman–Crippen MR) is 82.8 cm³/mol. The van der Waals surface area contributed by atoms with Crippen LogP contribution in [0.3, 0.4) is 0 Å². The minimum Gasteiger partial charge on any atom is -0.381 e. The van der Waals surface area contributed by atoms with Crippen molar-refractivity contribution in [2.75, 3.05) is 38.2 Å². The van der Waals surface area contributed by atoms with Crippen molar-refractivity contribution in [3.05, 3.63) is 0 Å². The van der Waals surface area contributed by atoms with E-state index in [2.05, 4.69) is 20.8 Å². The van der Waals surface area contributed by atoms with E-state index in [9.17, 15) is 0 Å². The van der Waals surface area contributed by atoms with Crippen molar-refractivity contribution < 1.29 is 4.74 Å². The number of likely N-dealkylation sites (tertiary alicyclic amines) is 1. The van der Waals surface area contributed by atoms with Crippen molar-refractivity contribution in [1.82, 2.24) is 4.90 Å². The number of hydrogen-bond acceptors (Lipinski definition) is 2. The number of halogens is 1. The molecule has 0 amide bonds. The number of rotatable bonds is 3. The topological polar surface area (TPSA) is 12.5 Å². The molecule has 0 aromatic carbocycles. The highest BCUT2D eigenvalue weighted by molar-refractivity contribution is 9.09. The largest absolute Gasteiger partial charge is 0.381 e. The SMILES string of the molecule is BrCC1(CN2CCC3CCCCC3C2)CCOCC1. The molecule has 0 radical (unpaired) electrons. The van der Waals surface area contributed by atoms with Crippen LogP contribution in [0.1, 0.15) is 44.9 Å². The Hall–Kier alpha value is 0.400. The summed E-state index contributed by atoms with van der Waals surface area (Å²) in [5, 5.41) is 1.15. The molecule has 2 aliphatic heterocycles. The van der Waals surface area contributed by atoms with E-state index in [4.69, 9.17) is 4.74 Å². The Balaban J connectivity index is 1.57. The van der Waals surface area contributed by atoms with Crippen LogP contribution in [-0.4, -0.2) is 43.1 Å². The number of piperidine rings is 1. The molecule has 3 aliphatic rings. The van der Waals surface area contributed by atoms with Crippen LogP contribution in [-0.2, 0) is 4.74 Å². The zero-order chi connectivity index (χ0) is 13.1.